The van der Waals surface area contributed by atoms with Crippen molar-refractivity contribution < 1.29 is 9.53 Å². The third kappa shape index (κ3) is 4.91. The number of allylic oxidation sites excluding steroid dienone is 1. The van der Waals surface area contributed by atoms with Crippen LogP contribution in [0.3, 0.4) is 0 Å². The highest BCUT2D eigenvalue weighted by Gasteiger charge is 2.16. The Balaban J connectivity index is 2.15. The third-order valence-corrected chi connectivity index (χ3v) is 5.02. The van der Waals surface area contributed by atoms with Gasteiger partial charge in [0, 0.05) is 4.90 Å². The van der Waals surface area contributed by atoms with E-state index in [-0.39, 0.29) is 5.97 Å². The average Bonchev–Trinajstić information content (AvgIpc) is 2.57. The van der Waals surface area contributed by atoms with Crippen LogP contribution in [0.4, 0.5) is 0 Å². The third-order valence-electron chi connectivity index (χ3n) is 4.28. The highest BCUT2D eigenvalue weighted by Crippen LogP contribution is 2.29. The highest BCUT2D eigenvalue weighted by molar-refractivity contribution is 7.98. The van der Waals surface area contributed by atoms with E-state index in [1.807, 2.05) is 19.1 Å². The number of ether oxygens (including phenoxy) is 1. The maximum atomic E-state index is 12.3. The molecule has 0 bridgehead atoms. The van der Waals surface area contributed by atoms with E-state index in [1.165, 1.54) is 37.0 Å². The molecule has 22 heavy (non-hydrogen) atoms. The number of rotatable bonds is 6. The lowest BCUT2D eigenvalue weighted by Crippen LogP contribution is -2.09. The zero-order valence-corrected chi connectivity index (χ0v) is 14.5. The first-order valence-corrected chi connectivity index (χ1v) is 9.48. The number of carbonyl (C=O) groups is 1. The Morgan fingerprint density at radius 1 is 1.23 bits per heavy atom. The number of carbonyl (C=O) groups excluding carboxylic acids is 1. The Kier molecular flexibility index (Phi) is 7.04. The molecule has 0 aromatic heterocycles. The highest BCUT2D eigenvalue weighted by atomic mass is 32.2. The summed E-state index contributed by atoms with van der Waals surface area (Å²) in [5.74, 6) is 0.527. The lowest BCUT2D eigenvalue weighted by atomic mass is 9.86. The zero-order chi connectivity index (χ0) is 15.8. The van der Waals surface area contributed by atoms with Gasteiger partial charge in [-0.05, 0) is 43.2 Å². The zero-order valence-electron chi connectivity index (χ0n) is 13.6. The van der Waals surface area contributed by atoms with Crippen molar-refractivity contribution in [2.24, 2.45) is 5.92 Å². The Morgan fingerprint density at radius 2 is 1.91 bits per heavy atom. The van der Waals surface area contributed by atoms with Crippen LogP contribution >= 0.6 is 11.8 Å². The second-order valence-corrected chi connectivity index (χ2v) is 6.69. The molecular formula is C19H26O2S. The van der Waals surface area contributed by atoms with E-state index in [9.17, 15) is 4.79 Å². The van der Waals surface area contributed by atoms with Gasteiger partial charge in [-0.1, -0.05) is 50.3 Å². The number of thioether (sulfide) groups is 1. The van der Waals surface area contributed by atoms with E-state index >= 15 is 0 Å². The van der Waals surface area contributed by atoms with Gasteiger partial charge in [0.15, 0.2) is 0 Å². The summed E-state index contributed by atoms with van der Waals surface area (Å²) in [6, 6.07) is 8.17. The Hall–Kier alpha value is -1.22. The minimum atomic E-state index is -0.199. The first kappa shape index (κ1) is 17.1. The summed E-state index contributed by atoms with van der Waals surface area (Å²) < 4.78 is 5.24. The smallest absolute Gasteiger partial charge is 0.338 e. The second-order valence-electron chi connectivity index (χ2n) is 5.81. The Labute approximate surface area is 138 Å². The first-order valence-electron chi connectivity index (χ1n) is 8.26. The van der Waals surface area contributed by atoms with E-state index in [2.05, 4.69) is 24.5 Å². The minimum absolute atomic E-state index is 0.199. The molecule has 0 spiro atoms. The van der Waals surface area contributed by atoms with Crippen molar-refractivity contribution in [1.82, 2.24) is 0 Å². The maximum Gasteiger partial charge on any atom is 0.338 e. The fraction of sp³-hybridized carbons (Fsp3) is 0.526. The summed E-state index contributed by atoms with van der Waals surface area (Å²) in [5.41, 5.74) is 1.69. The summed E-state index contributed by atoms with van der Waals surface area (Å²) in [6.07, 6.45) is 11.7. The van der Waals surface area contributed by atoms with Gasteiger partial charge in [0.1, 0.15) is 0 Å². The van der Waals surface area contributed by atoms with Crippen molar-refractivity contribution in [3.8, 4) is 0 Å². The standard InChI is InChI=1S/C19H26O2S/c1-3-21-19(20)18(14-9-15-7-5-4-6-8-15)16-10-12-17(22-2)13-11-16/h10-15H,3-9H2,1-2H3. The first-order chi connectivity index (χ1) is 10.7. The molecule has 120 valence electrons. The summed E-state index contributed by atoms with van der Waals surface area (Å²) >= 11 is 1.71. The van der Waals surface area contributed by atoms with Gasteiger partial charge in [0.2, 0.25) is 0 Å². The van der Waals surface area contributed by atoms with E-state index in [1.54, 1.807) is 11.8 Å². The SMILES string of the molecule is CCOC(=O)C(=CCC1CCCCC1)c1ccc(SC)cc1. The molecule has 1 aliphatic rings. The van der Waals surface area contributed by atoms with Crippen LogP contribution in [0.1, 0.15) is 51.0 Å². The maximum absolute atomic E-state index is 12.3. The molecule has 0 amide bonds. The Morgan fingerprint density at radius 3 is 2.50 bits per heavy atom. The second kappa shape index (κ2) is 9.04. The monoisotopic (exact) mass is 318 g/mol. The molecule has 1 aromatic rings. The molecule has 0 radical (unpaired) electrons. The molecule has 0 heterocycles. The summed E-state index contributed by atoms with van der Waals surface area (Å²) in [6.45, 7) is 2.27. The van der Waals surface area contributed by atoms with Crippen molar-refractivity contribution in [2.45, 2.75) is 50.3 Å². The molecule has 2 rings (SSSR count). The normalized spacial score (nSPS) is 16.5. The predicted octanol–water partition coefficient (Wildman–Crippen LogP) is 5.33. The molecule has 0 aliphatic heterocycles. The van der Waals surface area contributed by atoms with Crippen LogP contribution in [0.15, 0.2) is 35.2 Å². The molecule has 1 aromatic carbocycles. The van der Waals surface area contributed by atoms with Gasteiger partial charge in [-0.15, -0.1) is 11.8 Å². The minimum Gasteiger partial charge on any atom is -0.462 e. The van der Waals surface area contributed by atoms with Crippen LogP contribution in [-0.4, -0.2) is 18.8 Å². The molecule has 3 heteroatoms. The molecule has 0 N–H and O–H groups in total. The van der Waals surface area contributed by atoms with Gasteiger partial charge >= 0.3 is 5.97 Å². The van der Waals surface area contributed by atoms with Crippen molar-refractivity contribution in [2.75, 3.05) is 12.9 Å². The van der Waals surface area contributed by atoms with Gasteiger partial charge in [0.05, 0.1) is 12.2 Å². The lowest BCUT2D eigenvalue weighted by Gasteiger charge is -2.20. The summed E-state index contributed by atoms with van der Waals surface area (Å²) in [5, 5.41) is 0. The molecule has 1 fully saturated rings. The van der Waals surface area contributed by atoms with Crippen LogP contribution in [-0.2, 0) is 9.53 Å². The Bertz CT molecular complexity index is 499. The number of hydrogen-bond donors (Lipinski definition) is 0. The van der Waals surface area contributed by atoms with Gasteiger partial charge in [0.25, 0.3) is 0 Å². The van der Waals surface area contributed by atoms with Crippen molar-refractivity contribution in [3.63, 3.8) is 0 Å². The van der Waals surface area contributed by atoms with Crippen LogP contribution in [0, 0.1) is 5.92 Å². The van der Waals surface area contributed by atoms with Crippen molar-refractivity contribution >= 4 is 23.3 Å². The molecule has 0 atom stereocenters. The number of hydrogen-bond acceptors (Lipinski definition) is 3. The van der Waals surface area contributed by atoms with Gasteiger partial charge < -0.3 is 4.74 Å². The lowest BCUT2D eigenvalue weighted by molar-refractivity contribution is -0.136. The molecule has 1 saturated carbocycles. The fourth-order valence-corrected chi connectivity index (χ4v) is 3.41. The molecule has 0 unspecified atom stereocenters. The van der Waals surface area contributed by atoms with Crippen molar-refractivity contribution in [3.05, 3.63) is 35.9 Å². The summed E-state index contributed by atoms with van der Waals surface area (Å²) in [4.78, 5) is 13.5. The van der Waals surface area contributed by atoms with Gasteiger partial charge in [-0.3, -0.25) is 0 Å². The van der Waals surface area contributed by atoms with Crippen LogP contribution in [0.25, 0.3) is 5.57 Å². The summed E-state index contributed by atoms with van der Waals surface area (Å²) in [7, 11) is 0. The van der Waals surface area contributed by atoms with E-state index in [0.717, 1.165) is 23.5 Å². The molecular weight excluding hydrogens is 292 g/mol. The van der Waals surface area contributed by atoms with Gasteiger partial charge in [-0.25, -0.2) is 4.79 Å². The quantitative estimate of drug-likeness (QED) is 0.403. The van der Waals surface area contributed by atoms with E-state index < -0.39 is 0 Å². The van der Waals surface area contributed by atoms with E-state index in [0.29, 0.717) is 6.61 Å². The molecule has 2 nitrogen and oxygen atoms in total. The predicted molar refractivity (Wildman–Crippen MR) is 94.0 cm³/mol. The van der Waals surface area contributed by atoms with Gasteiger partial charge in [-0.2, -0.15) is 0 Å². The number of esters is 1. The van der Waals surface area contributed by atoms with Crippen LogP contribution < -0.4 is 0 Å². The van der Waals surface area contributed by atoms with Crippen molar-refractivity contribution in [1.29, 1.82) is 0 Å². The number of benzene rings is 1. The average molecular weight is 318 g/mol. The molecule has 0 saturated heterocycles. The van der Waals surface area contributed by atoms with E-state index in [4.69, 9.17) is 4.74 Å². The van der Waals surface area contributed by atoms with Crippen LogP contribution in [0.5, 0.6) is 0 Å². The fourth-order valence-electron chi connectivity index (χ4n) is 3.01. The molecule has 1 aliphatic carbocycles. The van der Waals surface area contributed by atoms with Crippen LogP contribution in [0.2, 0.25) is 0 Å². The topological polar surface area (TPSA) is 26.3 Å². The largest absolute Gasteiger partial charge is 0.462 e.